The molecule has 1 aromatic rings. The fourth-order valence-electron chi connectivity index (χ4n) is 2.71. The maximum Gasteiger partial charge on any atom is 0.249 e. The minimum Gasteiger partial charge on any atom is -0.340 e. The van der Waals surface area contributed by atoms with Crippen LogP contribution in [0.3, 0.4) is 0 Å². The Morgan fingerprint density at radius 1 is 1.43 bits per heavy atom. The van der Waals surface area contributed by atoms with Gasteiger partial charge in [-0.15, -0.1) is 11.3 Å². The van der Waals surface area contributed by atoms with Crippen molar-refractivity contribution < 1.29 is 9.59 Å². The van der Waals surface area contributed by atoms with E-state index >= 15 is 0 Å². The molecule has 2 atom stereocenters. The van der Waals surface area contributed by atoms with Crippen LogP contribution in [-0.2, 0) is 16.1 Å². The van der Waals surface area contributed by atoms with E-state index in [1.807, 2.05) is 33.1 Å². The van der Waals surface area contributed by atoms with Crippen molar-refractivity contribution in [1.29, 1.82) is 0 Å². The molecule has 116 valence electrons. The number of carbonyl (C=O) groups excluding carboxylic acids is 2. The predicted octanol–water partition coefficient (Wildman–Crippen LogP) is 2.18. The van der Waals surface area contributed by atoms with Gasteiger partial charge in [0.1, 0.15) is 16.6 Å². The highest BCUT2D eigenvalue weighted by molar-refractivity contribution is 7.09. The fraction of sp³-hybridized carbons (Fsp3) is 0.667. The molecule has 0 radical (unpaired) electrons. The molecule has 0 aromatic carbocycles. The van der Waals surface area contributed by atoms with Crippen LogP contribution in [0.5, 0.6) is 0 Å². The number of nitrogens with zero attached hydrogens (tertiary/aromatic N) is 2. The Balaban J connectivity index is 2.40. The van der Waals surface area contributed by atoms with Crippen LogP contribution in [-0.4, -0.2) is 33.3 Å². The Morgan fingerprint density at radius 3 is 2.57 bits per heavy atom. The molecule has 1 N–H and O–H groups in total. The third-order valence-corrected chi connectivity index (χ3v) is 4.77. The minimum absolute atomic E-state index is 0.0280. The van der Waals surface area contributed by atoms with Gasteiger partial charge in [-0.3, -0.25) is 9.59 Å². The molecule has 0 saturated carbocycles. The predicted molar refractivity (Wildman–Crippen MR) is 82.7 cm³/mol. The van der Waals surface area contributed by atoms with Crippen molar-refractivity contribution in [1.82, 2.24) is 15.2 Å². The Bertz CT molecular complexity index is 536. The number of aromatic nitrogens is 1. The average Bonchev–Trinajstić information content (AvgIpc) is 2.86. The summed E-state index contributed by atoms with van der Waals surface area (Å²) in [6.45, 7) is 10.0. The van der Waals surface area contributed by atoms with Gasteiger partial charge < -0.3 is 10.2 Å². The maximum atomic E-state index is 12.9. The first kappa shape index (κ1) is 15.9. The van der Waals surface area contributed by atoms with E-state index in [4.69, 9.17) is 0 Å². The highest BCUT2D eigenvalue weighted by Gasteiger charge is 2.50. The molecule has 6 heteroatoms. The lowest BCUT2D eigenvalue weighted by Crippen LogP contribution is -2.71. The summed E-state index contributed by atoms with van der Waals surface area (Å²) >= 11 is 1.50. The first-order valence-corrected chi connectivity index (χ1v) is 8.08. The zero-order chi connectivity index (χ0) is 15.8. The lowest BCUT2D eigenvalue weighted by molar-refractivity contribution is -0.159. The smallest absolute Gasteiger partial charge is 0.249 e. The molecule has 2 unspecified atom stereocenters. The summed E-state index contributed by atoms with van der Waals surface area (Å²) in [5.41, 5.74) is -1.15. The second kappa shape index (κ2) is 5.40. The van der Waals surface area contributed by atoms with Crippen LogP contribution in [0.25, 0.3) is 0 Å². The molecule has 1 saturated heterocycles. The SMILES string of the molecule is CCC1(C)NC(=O)C(C(C)(C)C)N(Cc2nccs2)C1=O. The van der Waals surface area contributed by atoms with E-state index in [-0.39, 0.29) is 17.2 Å². The third-order valence-electron chi connectivity index (χ3n) is 4.01. The van der Waals surface area contributed by atoms with Gasteiger partial charge in [0, 0.05) is 11.6 Å². The Kier molecular flexibility index (Phi) is 4.10. The molecule has 1 aliphatic heterocycles. The summed E-state index contributed by atoms with van der Waals surface area (Å²) in [5, 5.41) is 5.65. The maximum absolute atomic E-state index is 12.9. The summed E-state index contributed by atoms with van der Waals surface area (Å²) < 4.78 is 0. The van der Waals surface area contributed by atoms with Crippen LogP contribution in [0, 0.1) is 5.41 Å². The van der Waals surface area contributed by atoms with Crippen LogP contribution >= 0.6 is 11.3 Å². The van der Waals surface area contributed by atoms with Gasteiger partial charge in [-0.25, -0.2) is 4.98 Å². The molecule has 1 fully saturated rings. The topological polar surface area (TPSA) is 62.3 Å². The molecule has 0 bridgehead atoms. The molecule has 2 amide bonds. The Labute approximate surface area is 129 Å². The molecule has 0 aliphatic carbocycles. The van der Waals surface area contributed by atoms with Crippen LogP contribution in [0.2, 0.25) is 0 Å². The molecule has 1 aliphatic rings. The van der Waals surface area contributed by atoms with E-state index in [2.05, 4.69) is 10.3 Å². The van der Waals surface area contributed by atoms with Gasteiger partial charge in [-0.2, -0.15) is 0 Å². The summed E-state index contributed by atoms with van der Waals surface area (Å²) in [4.78, 5) is 31.4. The summed E-state index contributed by atoms with van der Waals surface area (Å²) in [7, 11) is 0. The first-order chi connectivity index (χ1) is 9.69. The zero-order valence-electron chi connectivity index (χ0n) is 13.3. The van der Waals surface area contributed by atoms with E-state index in [9.17, 15) is 9.59 Å². The average molecular weight is 309 g/mol. The quantitative estimate of drug-likeness (QED) is 0.931. The Morgan fingerprint density at radius 2 is 2.10 bits per heavy atom. The van der Waals surface area contributed by atoms with E-state index in [0.717, 1.165) is 5.01 Å². The molecule has 5 nitrogen and oxygen atoms in total. The molecule has 21 heavy (non-hydrogen) atoms. The zero-order valence-corrected chi connectivity index (χ0v) is 14.1. The number of rotatable bonds is 3. The second-order valence-corrected chi connectivity index (χ2v) is 7.78. The van der Waals surface area contributed by atoms with Gasteiger partial charge in [0.05, 0.1) is 6.54 Å². The molecule has 2 heterocycles. The van der Waals surface area contributed by atoms with Crippen molar-refractivity contribution in [3.05, 3.63) is 16.6 Å². The van der Waals surface area contributed by atoms with Crippen molar-refractivity contribution in [2.24, 2.45) is 5.41 Å². The van der Waals surface area contributed by atoms with Gasteiger partial charge in [0.2, 0.25) is 11.8 Å². The molecular weight excluding hydrogens is 286 g/mol. The van der Waals surface area contributed by atoms with Crippen molar-refractivity contribution in [2.75, 3.05) is 0 Å². The highest BCUT2D eigenvalue weighted by Crippen LogP contribution is 2.32. The number of thiazole rings is 1. The number of carbonyl (C=O) groups is 2. The highest BCUT2D eigenvalue weighted by atomic mass is 32.1. The number of hydrogen-bond acceptors (Lipinski definition) is 4. The lowest BCUT2D eigenvalue weighted by atomic mass is 9.80. The first-order valence-electron chi connectivity index (χ1n) is 7.20. The minimum atomic E-state index is -0.823. The summed E-state index contributed by atoms with van der Waals surface area (Å²) in [6.07, 6.45) is 2.29. The largest absolute Gasteiger partial charge is 0.340 e. The van der Waals surface area contributed by atoms with Crippen LogP contribution in [0.4, 0.5) is 0 Å². The number of nitrogens with one attached hydrogen (secondary N) is 1. The van der Waals surface area contributed by atoms with Crippen LogP contribution in [0.15, 0.2) is 11.6 Å². The second-order valence-electron chi connectivity index (χ2n) is 6.80. The molecule has 2 rings (SSSR count). The van der Waals surface area contributed by atoms with Crippen LogP contribution < -0.4 is 5.32 Å². The van der Waals surface area contributed by atoms with Gasteiger partial charge in [-0.1, -0.05) is 27.7 Å². The van der Waals surface area contributed by atoms with Gasteiger partial charge in [0.15, 0.2) is 0 Å². The number of hydrogen-bond donors (Lipinski definition) is 1. The van der Waals surface area contributed by atoms with E-state index < -0.39 is 11.6 Å². The number of piperazine rings is 1. The molecular formula is C15H23N3O2S. The van der Waals surface area contributed by atoms with Gasteiger partial charge in [-0.05, 0) is 18.8 Å². The van der Waals surface area contributed by atoms with E-state index in [1.165, 1.54) is 11.3 Å². The molecule has 0 spiro atoms. The van der Waals surface area contributed by atoms with Crippen molar-refractivity contribution >= 4 is 23.2 Å². The Hall–Kier alpha value is -1.43. The van der Waals surface area contributed by atoms with Gasteiger partial charge in [0.25, 0.3) is 0 Å². The van der Waals surface area contributed by atoms with E-state index in [0.29, 0.717) is 13.0 Å². The third kappa shape index (κ3) is 2.95. The molecule has 1 aromatic heterocycles. The van der Waals surface area contributed by atoms with Gasteiger partial charge >= 0.3 is 0 Å². The number of amides is 2. The lowest BCUT2D eigenvalue weighted by Gasteiger charge is -2.48. The monoisotopic (exact) mass is 309 g/mol. The normalized spacial score (nSPS) is 26.9. The van der Waals surface area contributed by atoms with Crippen molar-refractivity contribution in [3.63, 3.8) is 0 Å². The standard InChI is InChI=1S/C15H23N3O2S/c1-6-15(5)13(20)18(9-10-16-7-8-21-10)11(12(19)17-15)14(2,3)4/h7-8,11H,6,9H2,1-5H3,(H,17,19). The van der Waals surface area contributed by atoms with Crippen LogP contribution in [0.1, 0.15) is 46.0 Å². The fourth-order valence-corrected chi connectivity index (χ4v) is 3.32. The van der Waals surface area contributed by atoms with Crippen molar-refractivity contribution in [3.8, 4) is 0 Å². The summed E-state index contributed by atoms with van der Waals surface area (Å²) in [5.74, 6) is -0.109. The van der Waals surface area contributed by atoms with E-state index in [1.54, 1.807) is 18.0 Å². The van der Waals surface area contributed by atoms with Crippen molar-refractivity contribution in [2.45, 2.75) is 59.2 Å². The summed E-state index contributed by atoms with van der Waals surface area (Å²) in [6, 6.07) is -0.478.